The molecule has 0 bridgehead atoms. The molecule has 3 aromatic rings. The molecule has 0 unspecified atom stereocenters. The zero-order valence-corrected chi connectivity index (χ0v) is 15.3. The van der Waals surface area contributed by atoms with Gasteiger partial charge in [0.1, 0.15) is 11.6 Å². The molecule has 0 spiro atoms. The highest BCUT2D eigenvalue weighted by Gasteiger charge is 2.16. The first-order valence-corrected chi connectivity index (χ1v) is 8.86. The summed E-state index contributed by atoms with van der Waals surface area (Å²) in [5, 5.41) is 9.62. The summed E-state index contributed by atoms with van der Waals surface area (Å²) in [5.74, 6) is 0.419. The quantitative estimate of drug-likeness (QED) is 0.662. The van der Waals surface area contributed by atoms with Crippen molar-refractivity contribution in [2.24, 2.45) is 0 Å². The summed E-state index contributed by atoms with van der Waals surface area (Å²) in [7, 11) is 0. The lowest BCUT2D eigenvalue weighted by Crippen LogP contribution is -2.32. The highest BCUT2D eigenvalue weighted by molar-refractivity contribution is 5.91. The minimum atomic E-state index is -0.313. The molecule has 3 rings (SSSR count). The van der Waals surface area contributed by atoms with Crippen LogP contribution in [0.1, 0.15) is 35.4 Å². The van der Waals surface area contributed by atoms with Gasteiger partial charge in [0.05, 0.1) is 12.6 Å². The average Bonchev–Trinajstić information content (AvgIpc) is 3.07. The summed E-state index contributed by atoms with van der Waals surface area (Å²) in [6, 6.07) is 15.8. The molecule has 6 heteroatoms. The Kier molecular flexibility index (Phi) is 5.98. The summed E-state index contributed by atoms with van der Waals surface area (Å²) < 4.78 is 18.7. The van der Waals surface area contributed by atoms with Crippen LogP contribution in [0.15, 0.2) is 59.1 Å². The molecule has 2 aromatic carbocycles. The zero-order chi connectivity index (χ0) is 19.2. The third-order valence-corrected chi connectivity index (χ3v) is 4.27. The Bertz CT molecular complexity index is 906. The van der Waals surface area contributed by atoms with Crippen molar-refractivity contribution in [3.63, 3.8) is 0 Å². The number of amides is 1. The molecule has 5 nitrogen and oxygen atoms in total. The molecule has 0 aliphatic rings. The van der Waals surface area contributed by atoms with E-state index in [9.17, 15) is 9.18 Å². The smallest absolute Gasteiger partial charge is 0.239 e. The topological polar surface area (TPSA) is 67.2 Å². The van der Waals surface area contributed by atoms with Gasteiger partial charge in [-0.1, -0.05) is 48.5 Å². The van der Waals surface area contributed by atoms with Crippen molar-refractivity contribution in [3.05, 3.63) is 82.9 Å². The number of nitrogens with zero attached hydrogens (tertiary/aromatic N) is 1. The van der Waals surface area contributed by atoms with Crippen LogP contribution in [-0.4, -0.2) is 17.6 Å². The van der Waals surface area contributed by atoms with E-state index in [1.165, 1.54) is 17.7 Å². The minimum Gasteiger partial charge on any atom is -0.360 e. The molecule has 0 radical (unpaired) electrons. The van der Waals surface area contributed by atoms with E-state index in [1.54, 1.807) is 19.1 Å². The van der Waals surface area contributed by atoms with Gasteiger partial charge in [0, 0.05) is 6.07 Å². The second kappa shape index (κ2) is 8.60. The van der Waals surface area contributed by atoms with Crippen LogP contribution in [-0.2, 0) is 11.2 Å². The molecule has 2 N–H and O–H groups in total. The van der Waals surface area contributed by atoms with Crippen molar-refractivity contribution in [1.82, 2.24) is 10.5 Å². The Morgan fingerprint density at radius 3 is 2.56 bits per heavy atom. The second-order valence-electron chi connectivity index (χ2n) is 6.34. The van der Waals surface area contributed by atoms with Crippen LogP contribution in [0.3, 0.4) is 0 Å². The fourth-order valence-corrected chi connectivity index (χ4v) is 2.87. The summed E-state index contributed by atoms with van der Waals surface area (Å²) in [6.45, 7) is 3.89. The van der Waals surface area contributed by atoms with Gasteiger partial charge >= 0.3 is 0 Å². The number of halogens is 1. The Labute approximate surface area is 157 Å². The third-order valence-electron chi connectivity index (χ3n) is 4.27. The van der Waals surface area contributed by atoms with E-state index < -0.39 is 0 Å². The van der Waals surface area contributed by atoms with Gasteiger partial charge in [0.2, 0.25) is 5.91 Å². The zero-order valence-electron chi connectivity index (χ0n) is 15.3. The maximum atomic E-state index is 13.7. The van der Waals surface area contributed by atoms with Crippen LogP contribution in [0.5, 0.6) is 0 Å². The van der Waals surface area contributed by atoms with Crippen LogP contribution < -0.4 is 10.6 Å². The van der Waals surface area contributed by atoms with E-state index in [4.69, 9.17) is 4.52 Å². The number of rotatable bonds is 7. The fraction of sp³-hybridized carbons (Fsp3) is 0.238. The van der Waals surface area contributed by atoms with Crippen LogP contribution >= 0.6 is 0 Å². The van der Waals surface area contributed by atoms with Crippen LogP contribution in [0.4, 0.5) is 10.2 Å². The average molecular weight is 367 g/mol. The fourth-order valence-electron chi connectivity index (χ4n) is 2.87. The molecule has 0 aliphatic heterocycles. The Hall–Kier alpha value is -2.99. The van der Waals surface area contributed by atoms with Crippen molar-refractivity contribution in [2.45, 2.75) is 26.3 Å². The van der Waals surface area contributed by atoms with Gasteiger partial charge < -0.3 is 9.84 Å². The number of aryl methyl sites for hydroxylation is 2. The molecule has 0 aliphatic carbocycles. The van der Waals surface area contributed by atoms with E-state index in [0.717, 1.165) is 17.5 Å². The molecular formula is C21H22FN3O2. The van der Waals surface area contributed by atoms with E-state index >= 15 is 0 Å². The number of hydrogen-bond donors (Lipinski definition) is 2. The van der Waals surface area contributed by atoms with E-state index in [2.05, 4.69) is 22.7 Å². The lowest BCUT2D eigenvalue weighted by molar-refractivity contribution is -0.115. The molecule has 1 aromatic heterocycles. The SMILES string of the molecule is CCc1ccc([C@H](NCC(=O)Nc2cc(C)on2)c2cccc(F)c2)cc1. The Morgan fingerprint density at radius 2 is 1.93 bits per heavy atom. The first-order chi connectivity index (χ1) is 13.0. The minimum absolute atomic E-state index is 0.0443. The maximum Gasteiger partial charge on any atom is 0.239 e. The normalized spacial score (nSPS) is 12.0. The first kappa shape index (κ1) is 18.8. The van der Waals surface area contributed by atoms with Crippen molar-refractivity contribution in [3.8, 4) is 0 Å². The summed E-state index contributed by atoms with van der Waals surface area (Å²) in [6.07, 6.45) is 0.942. The highest BCUT2D eigenvalue weighted by Crippen LogP contribution is 2.23. The Morgan fingerprint density at radius 1 is 1.15 bits per heavy atom. The summed E-state index contributed by atoms with van der Waals surface area (Å²) in [4.78, 5) is 12.2. The number of carbonyl (C=O) groups excluding carboxylic acids is 1. The number of anilines is 1. The number of carbonyl (C=O) groups is 1. The molecule has 1 atom stereocenters. The Balaban J connectivity index is 1.75. The number of benzene rings is 2. The standard InChI is InChI=1S/C21H22FN3O2/c1-3-15-7-9-16(10-8-15)21(17-5-4-6-18(22)12-17)23-13-20(26)24-19-11-14(2)27-25-19/h4-12,21,23H,3,13H2,1-2H3,(H,24,25,26)/t21-/m0/s1. The maximum absolute atomic E-state index is 13.7. The molecule has 0 saturated heterocycles. The van der Waals surface area contributed by atoms with Gasteiger partial charge in [-0.15, -0.1) is 0 Å². The molecule has 1 amide bonds. The van der Waals surface area contributed by atoms with Gasteiger partial charge in [0.15, 0.2) is 5.82 Å². The van der Waals surface area contributed by atoms with Gasteiger partial charge in [-0.2, -0.15) is 0 Å². The van der Waals surface area contributed by atoms with Gasteiger partial charge in [-0.05, 0) is 42.2 Å². The highest BCUT2D eigenvalue weighted by atomic mass is 19.1. The van der Waals surface area contributed by atoms with E-state index in [0.29, 0.717) is 11.6 Å². The monoisotopic (exact) mass is 367 g/mol. The number of aromatic nitrogens is 1. The van der Waals surface area contributed by atoms with Crippen molar-refractivity contribution < 1.29 is 13.7 Å². The number of hydrogen-bond acceptors (Lipinski definition) is 4. The van der Waals surface area contributed by atoms with Crippen LogP contribution in [0.2, 0.25) is 0 Å². The lowest BCUT2D eigenvalue weighted by Gasteiger charge is -2.20. The van der Waals surface area contributed by atoms with Gasteiger partial charge in [-0.3, -0.25) is 10.1 Å². The molecular weight excluding hydrogens is 345 g/mol. The third kappa shape index (κ3) is 5.01. The molecule has 27 heavy (non-hydrogen) atoms. The molecule has 140 valence electrons. The second-order valence-corrected chi connectivity index (χ2v) is 6.34. The lowest BCUT2D eigenvalue weighted by atomic mass is 9.97. The van der Waals surface area contributed by atoms with Gasteiger partial charge in [0.25, 0.3) is 0 Å². The van der Waals surface area contributed by atoms with E-state index in [1.807, 2.05) is 30.3 Å². The largest absolute Gasteiger partial charge is 0.360 e. The summed E-state index contributed by atoms with van der Waals surface area (Å²) >= 11 is 0. The van der Waals surface area contributed by atoms with Crippen molar-refractivity contribution >= 4 is 11.7 Å². The number of nitrogens with one attached hydrogen (secondary N) is 2. The summed E-state index contributed by atoms with van der Waals surface area (Å²) in [5.41, 5.74) is 2.93. The van der Waals surface area contributed by atoms with Crippen molar-refractivity contribution in [2.75, 3.05) is 11.9 Å². The molecule has 0 saturated carbocycles. The van der Waals surface area contributed by atoms with Crippen molar-refractivity contribution in [1.29, 1.82) is 0 Å². The van der Waals surface area contributed by atoms with Gasteiger partial charge in [-0.25, -0.2) is 4.39 Å². The predicted molar refractivity (Wildman–Crippen MR) is 102 cm³/mol. The van der Waals surface area contributed by atoms with Crippen LogP contribution in [0.25, 0.3) is 0 Å². The molecule has 0 fully saturated rings. The molecule has 1 heterocycles. The van der Waals surface area contributed by atoms with Crippen LogP contribution in [0, 0.1) is 12.7 Å². The predicted octanol–water partition coefficient (Wildman–Crippen LogP) is 4.00. The van der Waals surface area contributed by atoms with E-state index in [-0.39, 0.29) is 24.3 Å². The first-order valence-electron chi connectivity index (χ1n) is 8.86.